The molecule has 1 aromatic rings. The zero-order valence-corrected chi connectivity index (χ0v) is 12.8. The summed E-state index contributed by atoms with van der Waals surface area (Å²) in [6.07, 6.45) is 3.73. The van der Waals surface area contributed by atoms with Crippen LogP contribution in [0.15, 0.2) is 30.3 Å². The molecule has 2 unspecified atom stereocenters. The average molecular weight is 287 g/mol. The second-order valence-corrected chi connectivity index (χ2v) is 6.14. The normalized spacial score (nSPS) is 25.6. The number of likely N-dealkylation sites (tertiary alicyclic amines) is 1. The molecule has 0 aromatic heterocycles. The second-order valence-electron chi connectivity index (χ2n) is 6.14. The Hall–Kier alpha value is -1.39. The summed E-state index contributed by atoms with van der Waals surface area (Å²) in [6.45, 7) is 5.34. The summed E-state index contributed by atoms with van der Waals surface area (Å²) in [4.78, 5) is 16.8. The van der Waals surface area contributed by atoms with Crippen LogP contribution >= 0.6 is 0 Å². The van der Waals surface area contributed by atoms with E-state index in [0.29, 0.717) is 18.6 Å². The third kappa shape index (κ3) is 3.44. The van der Waals surface area contributed by atoms with Gasteiger partial charge in [-0.2, -0.15) is 0 Å². The van der Waals surface area contributed by atoms with E-state index in [1.165, 1.54) is 19.3 Å². The van der Waals surface area contributed by atoms with Crippen LogP contribution in [0.1, 0.15) is 26.2 Å². The smallest absolute Gasteiger partial charge is 0.241 e. The summed E-state index contributed by atoms with van der Waals surface area (Å²) in [7, 11) is 0. The molecule has 2 aliphatic rings. The predicted molar refractivity (Wildman–Crippen MR) is 85.5 cm³/mol. The van der Waals surface area contributed by atoms with Crippen LogP contribution in [0.2, 0.25) is 0 Å². The van der Waals surface area contributed by atoms with Gasteiger partial charge in [-0.15, -0.1) is 0 Å². The van der Waals surface area contributed by atoms with E-state index in [-0.39, 0.29) is 5.91 Å². The number of amides is 1. The molecule has 2 atom stereocenters. The molecule has 4 heteroatoms. The number of hydrogen-bond donors (Lipinski definition) is 1. The van der Waals surface area contributed by atoms with Crippen molar-refractivity contribution in [2.24, 2.45) is 0 Å². The van der Waals surface area contributed by atoms with Gasteiger partial charge in [-0.05, 0) is 38.3 Å². The number of carbonyl (C=O) groups is 1. The number of nitrogens with one attached hydrogen (secondary N) is 1. The summed E-state index contributed by atoms with van der Waals surface area (Å²) in [5, 5.41) is 3.66. The quantitative estimate of drug-likeness (QED) is 0.918. The number of hydrogen-bond acceptors (Lipinski definition) is 3. The van der Waals surface area contributed by atoms with E-state index < -0.39 is 0 Å². The summed E-state index contributed by atoms with van der Waals surface area (Å²) < 4.78 is 0. The van der Waals surface area contributed by atoms with E-state index in [4.69, 9.17) is 0 Å². The molecule has 1 aromatic carbocycles. The fourth-order valence-electron chi connectivity index (χ4n) is 3.55. The number of benzene rings is 1. The minimum atomic E-state index is 0.210. The van der Waals surface area contributed by atoms with E-state index in [2.05, 4.69) is 10.2 Å². The second kappa shape index (κ2) is 6.58. The Labute approximate surface area is 127 Å². The summed E-state index contributed by atoms with van der Waals surface area (Å²) in [5.41, 5.74) is 1.000. The molecule has 3 rings (SSSR count). The van der Waals surface area contributed by atoms with Crippen molar-refractivity contribution in [2.45, 2.75) is 38.3 Å². The van der Waals surface area contributed by atoms with E-state index in [9.17, 15) is 4.79 Å². The van der Waals surface area contributed by atoms with Crippen LogP contribution < -0.4 is 10.2 Å². The first-order chi connectivity index (χ1) is 10.3. The maximum Gasteiger partial charge on any atom is 0.241 e. The lowest BCUT2D eigenvalue weighted by molar-refractivity contribution is -0.119. The lowest BCUT2D eigenvalue weighted by Gasteiger charge is -2.27. The van der Waals surface area contributed by atoms with E-state index in [0.717, 1.165) is 25.3 Å². The fraction of sp³-hybridized carbons (Fsp3) is 0.588. The van der Waals surface area contributed by atoms with Crippen LogP contribution in [-0.2, 0) is 4.79 Å². The van der Waals surface area contributed by atoms with Crippen molar-refractivity contribution >= 4 is 11.6 Å². The van der Waals surface area contributed by atoms with E-state index in [1.807, 2.05) is 42.2 Å². The topological polar surface area (TPSA) is 35.6 Å². The van der Waals surface area contributed by atoms with Crippen molar-refractivity contribution < 1.29 is 4.79 Å². The molecule has 0 radical (unpaired) electrons. The van der Waals surface area contributed by atoms with Crippen LogP contribution in [0.4, 0.5) is 5.69 Å². The Balaban J connectivity index is 1.62. The Morgan fingerprint density at radius 1 is 1.24 bits per heavy atom. The van der Waals surface area contributed by atoms with Gasteiger partial charge in [-0.25, -0.2) is 0 Å². The monoisotopic (exact) mass is 287 g/mol. The first-order valence-corrected chi connectivity index (χ1v) is 8.10. The van der Waals surface area contributed by atoms with Gasteiger partial charge in [0, 0.05) is 37.4 Å². The lowest BCUT2D eigenvalue weighted by atomic mass is 10.1. The highest BCUT2D eigenvalue weighted by molar-refractivity contribution is 5.94. The maximum absolute atomic E-state index is 12.6. The van der Waals surface area contributed by atoms with Gasteiger partial charge < -0.3 is 10.2 Å². The number of likely N-dealkylation sites (N-methyl/N-ethyl adjacent to an activating group) is 1. The number of nitrogens with zero attached hydrogens (tertiary/aromatic N) is 2. The molecule has 0 aliphatic carbocycles. The zero-order chi connectivity index (χ0) is 14.7. The highest BCUT2D eigenvalue weighted by atomic mass is 16.2. The maximum atomic E-state index is 12.6. The molecule has 2 fully saturated rings. The third-order valence-electron chi connectivity index (χ3n) is 4.65. The van der Waals surface area contributed by atoms with Gasteiger partial charge in [-0.1, -0.05) is 18.2 Å². The lowest BCUT2D eigenvalue weighted by Crippen LogP contribution is -2.43. The van der Waals surface area contributed by atoms with Crippen molar-refractivity contribution in [3.8, 4) is 0 Å². The van der Waals surface area contributed by atoms with Gasteiger partial charge >= 0.3 is 0 Å². The van der Waals surface area contributed by atoms with Crippen molar-refractivity contribution in [2.75, 3.05) is 31.1 Å². The van der Waals surface area contributed by atoms with Gasteiger partial charge in [0.15, 0.2) is 0 Å². The number of carbonyl (C=O) groups excluding carboxylic acids is 1. The van der Waals surface area contributed by atoms with E-state index >= 15 is 0 Å². The molecule has 0 spiro atoms. The summed E-state index contributed by atoms with van der Waals surface area (Å²) >= 11 is 0. The van der Waals surface area contributed by atoms with Crippen LogP contribution in [0.3, 0.4) is 0 Å². The van der Waals surface area contributed by atoms with Crippen LogP contribution in [0.5, 0.6) is 0 Å². The highest BCUT2D eigenvalue weighted by Crippen LogP contribution is 2.21. The van der Waals surface area contributed by atoms with Crippen LogP contribution in [-0.4, -0.2) is 49.1 Å². The zero-order valence-electron chi connectivity index (χ0n) is 12.8. The molecular weight excluding hydrogens is 262 g/mol. The first kappa shape index (κ1) is 14.5. The molecular formula is C17H25N3O. The molecule has 21 heavy (non-hydrogen) atoms. The minimum Gasteiger partial charge on any atom is -0.312 e. The molecule has 1 amide bonds. The third-order valence-corrected chi connectivity index (χ3v) is 4.65. The predicted octanol–water partition coefficient (Wildman–Crippen LogP) is 1.87. The number of fused-ring (bicyclic) bond motifs is 2. The van der Waals surface area contributed by atoms with Gasteiger partial charge in [0.1, 0.15) is 0 Å². The van der Waals surface area contributed by atoms with Crippen molar-refractivity contribution in [1.29, 1.82) is 0 Å². The molecule has 114 valence electrons. The Kier molecular flexibility index (Phi) is 4.56. The Morgan fingerprint density at radius 3 is 2.76 bits per heavy atom. The number of anilines is 1. The number of rotatable bonds is 4. The SMILES string of the molecule is CCN(C(=O)CN1CCC2CCC(C1)N2)c1ccccc1. The van der Waals surface area contributed by atoms with Crippen LogP contribution in [0.25, 0.3) is 0 Å². The Bertz CT molecular complexity index is 476. The van der Waals surface area contributed by atoms with Gasteiger partial charge in [0.2, 0.25) is 5.91 Å². The molecule has 1 N–H and O–H groups in total. The molecule has 2 bridgehead atoms. The fourth-order valence-corrected chi connectivity index (χ4v) is 3.55. The van der Waals surface area contributed by atoms with Gasteiger partial charge in [0.25, 0.3) is 0 Å². The minimum absolute atomic E-state index is 0.210. The van der Waals surface area contributed by atoms with E-state index in [1.54, 1.807) is 0 Å². The van der Waals surface area contributed by atoms with Crippen molar-refractivity contribution in [3.05, 3.63) is 30.3 Å². The largest absolute Gasteiger partial charge is 0.312 e. The summed E-state index contributed by atoms with van der Waals surface area (Å²) in [5.74, 6) is 0.210. The molecule has 2 aliphatic heterocycles. The van der Waals surface area contributed by atoms with Gasteiger partial charge in [-0.3, -0.25) is 9.69 Å². The molecule has 0 saturated carbocycles. The van der Waals surface area contributed by atoms with Gasteiger partial charge in [0.05, 0.1) is 6.54 Å². The average Bonchev–Trinajstić information content (AvgIpc) is 2.83. The van der Waals surface area contributed by atoms with Crippen LogP contribution in [0, 0.1) is 0 Å². The Morgan fingerprint density at radius 2 is 2.00 bits per heavy atom. The standard InChI is InChI=1S/C17H25N3O/c1-2-20(16-6-4-3-5-7-16)17(21)13-19-11-10-14-8-9-15(12-19)18-14/h3-7,14-15,18H,2,8-13H2,1H3. The molecule has 4 nitrogen and oxygen atoms in total. The number of para-hydroxylation sites is 1. The molecule has 2 saturated heterocycles. The first-order valence-electron chi connectivity index (χ1n) is 8.10. The summed E-state index contributed by atoms with van der Waals surface area (Å²) in [6, 6.07) is 11.2. The van der Waals surface area contributed by atoms with Crippen molar-refractivity contribution in [3.63, 3.8) is 0 Å². The highest BCUT2D eigenvalue weighted by Gasteiger charge is 2.30. The molecule has 2 heterocycles. The van der Waals surface area contributed by atoms with Crippen molar-refractivity contribution in [1.82, 2.24) is 10.2 Å².